The lowest BCUT2D eigenvalue weighted by Crippen LogP contribution is -2.34. The fourth-order valence-electron chi connectivity index (χ4n) is 2.06. The minimum absolute atomic E-state index is 0.342. The summed E-state index contributed by atoms with van der Waals surface area (Å²) < 4.78 is 12.6. The number of amides is 1. The van der Waals surface area contributed by atoms with Crippen LogP contribution in [0.2, 0.25) is 0 Å². The van der Waals surface area contributed by atoms with Crippen LogP contribution in [0, 0.1) is 17.8 Å². The van der Waals surface area contributed by atoms with Gasteiger partial charge in [-0.25, -0.2) is 4.98 Å². The van der Waals surface area contributed by atoms with Crippen LogP contribution >= 0.6 is 0 Å². The van der Waals surface area contributed by atoms with Crippen molar-refractivity contribution in [3.8, 4) is 0 Å². The summed E-state index contributed by atoms with van der Waals surface area (Å²) >= 11 is 0. The Hall–Kier alpha value is -2.24. The van der Waals surface area contributed by atoms with Crippen molar-refractivity contribution in [2.45, 2.75) is 12.8 Å². The van der Waals surface area contributed by atoms with Gasteiger partial charge < -0.3 is 10.4 Å². The minimum atomic E-state index is -0.985. The summed E-state index contributed by atoms with van der Waals surface area (Å²) in [5.74, 6) is -3.35. The average Bonchev–Trinajstić information content (AvgIpc) is 2.41. The van der Waals surface area contributed by atoms with Crippen molar-refractivity contribution in [1.29, 1.82) is 0 Å². The van der Waals surface area contributed by atoms with Crippen LogP contribution < -0.4 is 5.32 Å². The molecule has 0 bridgehead atoms. The molecule has 100 valence electrons. The third-order valence-corrected chi connectivity index (χ3v) is 3.08. The normalized spacial score (nSPS) is 21.9. The molecule has 1 aromatic rings. The molecule has 6 heteroatoms. The Kier molecular flexibility index (Phi) is 3.89. The number of allylic oxidation sites excluding steroid dienone is 2. The first-order valence-corrected chi connectivity index (χ1v) is 5.88. The average molecular weight is 264 g/mol. The van der Waals surface area contributed by atoms with E-state index in [4.69, 9.17) is 5.11 Å². The number of nitrogens with one attached hydrogen (secondary N) is 1. The number of carbonyl (C=O) groups excluding carboxylic acids is 1. The monoisotopic (exact) mass is 264 g/mol. The molecule has 0 radical (unpaired) electrons. The van der Waals surface area contributed by atoms with Crippen LogP contribution in [0.5, 0.6) is 0 Å². The van der Waals surface area contributed by atoms with E-state index < -0.39 is 23.8 Å². The first-order chi connectivity index (χ1) is 9.08. The maximum atomic E-state index is 12.6. The number of carboxylic acids is 1. The molecular weight excluding hydrogens is 251 g/mol. The van der Waals surface area contributed by atoms with Gasteiger partial charge in [0.2, 0.25) is 11.9 Å². The van der Waals surface area contributed by atoms with E-state index in [1.807, 2.05) is 0 Å². The van der Waals surface area contributed by atoms with Crippen LogP contribution in [0.1, 0.15) is 12.8 Å². The second-order valence-electron chi connectivity index (χ2n) is 4.35. The summed E-state index contributed by atoms with van der Waals surface area (Å²) in [5, 5.41) is 11.6. The van der Waals surface area contributed by atoms with Gasteiger partial charge in [0.1, 0.15) is 0 Å². The van der Waals surface area contributed by atoms with E-state index in [0.717, 1.165) is 6.07 Å². The van der Waals surface area contributed by atoms with Crippen molar-refractivity contribution in [3.63, 3.8) is 0 Å². The van der Waals surface area contributed by atoms with Gasteiger partial charge in [-0.05, 0) is 25.0 Å². The highest BCUT2D eigenvalue weighted by molar-refractivity contribution is 5.95. The molecule has 0 fully saturated rings. The van der Waals surface area contributed by atoms with Gasteiger partial charge in [-0.15, -0.1) is 0 Å². The number of halogens is 1. The Morgan fingerprint density at radius 2 is 1.95 bits per heavy atom. The molecular formula is C13H13FN2O3. The lowest BCUT2D eigenvalue weighted by molar-refractivity contribution is -0.146. The van der Waals surface area contributed by atoms with Crippen LogP contribution in [0.25, 0.3) is 0 Å². The van der Waals surface area contributed by atoms with E-state index in [1.54, 1.807) is 12.2 Å². The summed E-state index contributed by atoms with van der Waals surface area (Å²) in [6.45, 7) is 0. The molecule has 2 N–H and O–H groups in total. The zero-order chi connectivity index (χ0) is 13.8. The largest absolute Gasteiger partial charge is 0.481 e. The third-order valence-electron chi connectivity index (χ3n) is 3.08. The molecule has 19 heavy (non-hydrogen) atoms. The molecule has 0 aromatic carbocycles. The topological polar surface area (TPSA) is 79.3 Å². The molecule has 2 rings (SSSR count). The van der Waals surface area contributed by atoms with Gasteiger partial charge in [0.25, 0.3) is 0 Å². The first kappa shape index (κ1) is 13.2. The van der Waals surface area contributed by atoms with E-state index in [2.05, 4.69) is 10.3 Å². The standard InChI is InChI=1S/C13H13FN2O3/c14-11-6-5-8(7-15-11)16-12(17)9-3-1-2-4-10(9)13(18)19/h1-2,5-7,9-10H,3-4H2,(H,16,17)(H,18,19). The number of anilines is 1. The summed E-state index contributed by atoms with van der Waals surface area (Å²) in [5.41, 5.74) is 0.352. The van der Waals surface area contributed by atoms with Crippen molar-refractivity contribution in [2.75, 3.05) is 5.32 Å². The molecule has 1 amide bonds. The predicted octanol–water partition coefficient (Wildman–Crippen LogP) is 1.83. The van der Waals surface area contributed by atoms with Crippen molar-refractivity contribution in [3.05, 3.63) is 36.4 Å². The summed E-state index contributed by atoms with van der Waals surface area (Å²) in [6.07, 6.45) is 5.49. The van der Waals surface area contributed by atoms with Crippen molar-refractivity contribution >= 4 is 17.6 Å². The molecule has 0 saturated carbocycles. The summed E-state index contributed by atoms with van der Waals surface area (Å²) in [7, 11) is 0. The molecule has 5 nitrogen and oxygen atoms in total. The second kappa shape index (κ2) is 5.60. The highest BCUT2D eigenvalue weighted by Gasteiger charge is 2.33. The van der Waals surface area contributed by atoms with Crippen LogP contribution in [-0.2, 0) is 9.59 Å². The maximum absolute atomic E-state index is 12.6. The van der Waals surface area contributed by atoms with Crippen LogP contribution in [0.3, 0.4) is 0 Å². The molecule has 2 unspecified atom stereocenters. The maximum Gasteiger partial charge on any atom is 0.307 e. The molecule has 0 aliphatic heterocycles. The lowest BCUT2D eigenvalue weighted by atomic mass is 9.82. The number of pyridine rings is 1. The van der Waals surface area contributed by atoms with E-state index in [1.165, 1.54) is 12.3 Å². The van der Waals surface area contributed by atoms with Gasteiger partial charge in [0, 0.05) is 0 Å². The number of hydrogen-bond donors (Lipinski definition) is 2. The smallest absolute Gasteiger partial charge is 0.307 e. The molecule has 2 atom stereocenters. The Balaban J connectivity index is 2.08. The molecule has 1 heterocycles. The van der Waals surface area contributed by atoms with Crippen LogP contribution in [0.4, 0.5) is 10.1 Å². The zero-order valence-corrected chi connectivity index (χ0v) is 10.0. The first-order valence-electron chi connectivity index (χ1n) is 5.88. The molecule has 1 aliphatic carbocycles. The van der Waals surface area contributed by atoms with Gasteiger partial charge in [-0.2, -0.15) is 4.39 Å². The Labute approximate surface area is 109 Å². The highest BCUT2D eigenvalue weighted by atomic mass is 19.1. The van der Waals surface area contributed by atoms with E-state index in [9.17, 15) is 14.0 Å². The number of aromatic nitrogens is 1. The lowest BCUT2D eigenvalue weighted by Gasteiger charge is -2.24. The zero-order valence-electron chi connectivity index (χ0n) is 10.0. The number of carboxylic acid groups (broad SMARTS) is 1. The van der Waals surface area contributed by atoms with E-state index >= 15 is 0 Å². The van der Waals surface area contributed by atoms with Gasteiger partial charge in [-0.3, -0.25) is 9.59 Å². The number of rotatable bonds is 3. The fraction of sp³-hybridized carbons (Fsp3) is 0.308. The molecule has 1 aromatic heterocycles. The third kappa shape index (κ3) is 3.15. The number of hydrogen-bond acceptors (Lipinski definition) is 3. The van der Waals surface area contributed by atoms with Crippen LogP contribution in [-0.4, -0.2) is 22.0 Å². The molecule has 0 saturated heterocycles. The van der Waals surface area contributed by atoms with Crippen molar-refractivity contribution in [2.24, 2.45) is 11.8 Å². The highest BCUT2D eigenvalue weighted by Crippen LogP contribution is 2.27. The second-order valence-corrected chi connectivity index (χ2v) is 4.35. The van der Waals surface area contributed by atoms with Gasteiger partial charge in [0.05, 0.1) is 23.7 Å². The fourth-order valence-corrected chi connectivity index (χ4v) is 2.06. The van der Waals surface area contributed by atoms with Gasteiger partial charge in [0.15, 0.2) is 0 Å². The van der Waals surface area contributed by atoms with E-state index in [0.29, 0.717) is 18.5 Å². The van der Waals surface area contributed by atoms with Crippen molar-refractivity contribution in [1.82, 2.24) is 4.98 Å². The number of carbonyl (C=O) groups is 2. The van der Waals surface area contributed by atoms with E-state index in [-0.39, 0.29) is 5.91 Å². The molecule has 1 aliphatic rings. The quantitative estimate of drug-likeness (QED) is 0.644. The van der Waals surface area contributed by atoms with Crippen LogP contribution in [0.15, 0.2) is 30.5 Å². The number of nitrogens with zero attached hydrogens (tertiary/aromatic N) is 1. The Morgan fingerprint density at radius 1 is 1.26 bits per heavy atom. The van der Waals surface area contributed by atoms with Gasteiger partial charge >= 0.3 is 5.97 Å². The Bertz CT molecular complexity index is 513. The SMILES string of the molecule is O=C(O)C1CC=CCC1C(=O)Nc1ccc(F)nc1. The molecule has 0 spiro atoms. The Morgan fingerprint density at radius 3 is 2.53 bits per heavy atom. The number of aliphatic carboxylic acids is 1. The minimum Gasteiger partial charge on any atom is -0.481 e. The summed E-state index contributed by atoms with van der Waals surface area (Å²) in [4.78, 5) is 26.5. The van der Waals surface area contributed by atoms with Gasteiger partial charge in [-0.1, -0.05) is 12.2 Å². The van der Waals surface area contributed by atoms with Crippen molar-refractivity contribution < 1.29 is 19.1 Å². The predicted molar refractivity (Wildman–Crippen MR) is 65.8 cm³/mol. The summed E-state index contributed by atoms with van der Waals surface area (Å²) in [6, 6.07) is 2.51.